The van der Waals surface area contributed by atoms with Crippen molar-refractivity contribution in [2.45, 2.75) is 6.54 Å². The molecule has 3 rings (SSSR count). The number of rotatable bonds is 6. The second-order valence-electron chi connectivity index (χ2n) is 6.03. The number of carbonyl (C=O) groups is 3. The molecule has 0 saturated heterocycles. The fourth-order valence-corrected chi connectivity index (χ4v) is 2.59. The van der Waals surface area contributed by atoms with Gasteiger partial charge < -0.3 is 19.8 Å². The molecule has 2 N–H and O–H groups in total. The van der Waals surface area contributed by atoms with Crippen molar-refractivity contribution >= 4 is 23.5 Å². The molecule has 0 atom stereocenters. The third kappa shape index (κ3) is 5.07. The zero-order valence-electron chi connectivity index (χ0n) is 15.4. The van der Waals surface area contributed by atoms with Crippen LogP contribution in [-0.2, 0) is 11.3 Å². The quantitative estimate of drug-likeness (QED) is 0.623. The maximum Gasteiger partial charge on any atom is 0.337 e. The standard InChI is InChI=1S/C21H17FN2O5/c1-28-21(27)15-9-13(12-23-19(25)14-4-6-16(22)7-5-14)10-17(11-15)24-20(26)18-3-2-8-29-18/h2-11H,12H2,1H3,(H,23,25)(H,24,26). The van der Waals surface area contributed by atoms with Gasteiger partial charge in [0.25, 0.3) is 11.8 Å². The molecule has 0 bridgehead atoms. The first-order valence-electron chi connectivity index (χ1n) is 8.57. The number of benzene rings is 2. The minimum Gasteiger partial charge on any atom is -0.465 e. The number of esters is 1. The molecule has 1 aromatic heterocycles. The molecule has 0 spiro atoms. The van der Waals surface area contributed by atoms with Crippen molar-refractivity contribution in [1.82, 2.24) is 5.32 Å². The number of furan rings is 1. The minimum absolute atomic E-state index is 0.0741. The fourth-order valence-electron chi connectivity index (χ4n) is 2.59. The number of carbonyl (C=O) groups excluding carboxylic acids is 3. The summed E-state index contributed by atoms with van der Waals surface area (Å²) in [6.07, 6.45) is 1.37. The summed E-state index contributed by atoms with van der Waals surface area (Å²) in [7, 11) is 1.24. The van der Waals surface area contributed by atoms with Crippen molar-refractivity contribution in [3.8, 4) is 0 Å². The Kier molecular flexibility index (Phi) is 6.03. The van der Waals surface area contributed by atoms with E-state index in [1.807, 2.05) is 0 Å². The van der Waals surface area contributed by atoms with Crippen molar-refractivity contribution in [3.63, 3.8) is 0 Å². The Morgan fingerprint density at radius 3 is 2.41 bits per heavy atom. The molecule has 2 amide bonds. The second kappa shape index (κ2) is 8.83. The highest BCUT2D eigenvalue weighted by molar-refractivity contribution is 6.03. The van der Waals surface area contributed by atoms with E-state index in [0.717, 1.165) is 0 Å². The van der Waals surface area contributed by atoms with Crippen LogP contribution in [0.5, 0.6) is 0 Å². The first kappa shape index (κ1) is 19.8. The number of methoxy groups -OCH3 is 1. The molecule has 0 radical (unpaired) electrons. The van der Waals surface area contributed by atoms with Gasteiger partial charge in [-0.15, -0.1) is 0 Å². The predicted molar refractivity (Wildman–Crippen MR) is 102 cm³/mol. The Morgan fingerprint density at radius 1 is 1.00 bits per heavy atom. The second-order valence-corrected chi connectivity index (χ2v) is 6.03. The summed E-state index contributed by atoms with van der Waals surface area (Å²) in [6.45, 7) is 0.0741. The van der Waals surface area contributed by atoms with Crippen LogP contribution in [0.15, 0.2) is 65.3 Å². The molecular weight excluding hydrogens is 379 g/mol. The third-order valence-corrected chi connectivity index (χ3v) is 3.98. The van der Waals surface area contributed by atoms with E-state index < -0.39 is 23.6 Å². The monoisotopic (exact) mass is 396 g/mol. The van der Waals surface area contributed by atoms with E-state index in [1.165, 1.54) is 49.8 Å². The smallest absolute Gasteiger partial charge is 0.337 e. The van der Waals surface area contributed by atoms with Gasteiger partial charge in [-0.2, -0.15) is 0 Å². The van der Waals surface area contributed by atoms with Gasteiger partial charge in [-0.05, 0) is 60.2 Å². The molecule has 148 valence electrons. The zero-order chi connectivity index (χ0) is 20.8. The van der Waals surface area contributed by atoms with Gasteiger partial charge in [-0.3, -0.25) is 9.59 Å². The van der Waals surface area contributed by atoms with Gasteiger partial charge in [0.05, 0.1) is 18.9 Å². The SMILES string of the molecule is COC(=O)c1cc(CNC(=O)c2ccc(F)cc2)cc(NC(=O)c2ccco2)c1. The van der Waals surface area contributed by atoms with Crippen molar-refractivity contribution in [2.24, 2.45) is 0 Å². The number of ether oxygens (including phenoxy) is 1. The molecule has 8 heteroatoms. The van der Waals surface area contributed by atoms with Crippen LogP contribution < -0.4 is 10.6 Å². The van der Waals surface area contributed by atoms with Gasteiger partial charge >= 0.3 is 5.97 Å². The number of hydrogen-bond acceptors (Lipinski definition) is 5. The average molecular weight is 396 g/mol. The highest BCUT2D eigenvalue weighted by Crippen LogP contribution is 2.18. The number of hydrogen-bond donors (Lipinski definition) is 2. The van der Waals surface area contributed by atoms with Crippen molar-refractivity contribution in [3.05, 3.63) is 89.1 Å². The first-order chi connectivity index (χ1) is 14.0. The highest BCUT2D eigenvalue weighted by atomic mass is 19.1. The Labute approximate surface area is 165 Å². The summed E-state index contributed by atoms with van der Waals surface area (Å²) in [5.74, 6) is -1.82. The molecule has 0 unspecified atom stereocenters. The normalized spacial score (nSPS) is 10.3. The summed E-state index contributed by atoms with van der Waals surface area (Å²) in [5.41, 5.74) is 1.39. The molecule has 1 heterocycles. The fraction of sp³-hybridized carbons (Fsp3) is 0.0952. The lowest BCUT2D eigenvalue weighted by Crippen LogP contribution is -2.23. The molecule has 7 nitrogen and oxygen atoms in total. The lowest BCUT2D eigenvalue weighted by atomic mass is 10.1. The molecule has 29 heavy (non-hydrogen) atoms. The van der Waals surface area contributed by atoms with E-state index in [0.29, 0.717) is 16.8 Å². The van der Waals surface area contributed by atoms with E-state index in [4.69, 9.17) is 9.15 Å². The molecule has 0 fully saturated rings. The van der Waals surface area contributed by atoms with E-state index in [9.17, 15) is 18.8 Å². The van der Waals surface area contributed by atoms with Crippen molar-refractivity contribution in [2.75, 3.05) is 12.4 Å². The van der Waals surface area contributed by atoms with Crippen LogP contribution in [0.25, 0.3) is 0 Å². The van der Waals surface area contributed by atoms with Crippen LogP contribution in [0.2, 0.25) is 0 Å². The molecule has 0 aliphatic rings. The number of nitrogens with one attached hydrogen (secondary N) is 2. The summed E-state index contributed by atoms with van der Waals surface area (Å²) < 4.78 is 22.8. The van der Waals surface area contributed by atoms with E-state index in [2.05, 4.69) is 10.6 Å². The van der Waals surface area contributed by atoms with E-state index in [1.54, 1.807) is 18.2 Å². The van der Waals surface area contributed by atoms with Gasteiger partial charge in [-0.25, -0.2) is 9.18 Å². The Morgan fingerprint density at radius 2 is 1.76 bits per heavy atom. The van der Waals surface area contributed by atoms with E-state index in [-0.39, 0.29) is 17.9 Å². The van der Waals surface area contributed by atoms with Gasteiger partial charge in [-0.1, -0.05) is 0 Å². The van der Waals surface area contributed by atoms with Crippen molar-refractivity contribution < 1.29 is 27.9 Å². The maximum atomic E-state index is 13.0. The van der Waals surface area contributed by atoms with Crippen LogP contribution in [-0.4, -0.2) is 24.9 Å². The molecule has 3 aromatic rings. The zero-order valence-corrected chi connectivity index (χ0v) is 15.4. The summed E-state index contributed by atoms with van der Waals surface area (Å²) >= 11 is 0. The Hall–Kier alpha value is -3.94. The Bertz CT molecular complexity index is 1030. The van der Waals surface area contributed by atoms with Gasteiger partial charge in [0.2, 0.25) is 0 Å². The number of anilines is 1. The van der Waals surface area contributed by atoms with Gasteiger partial charge in [0.15, 0.2) is 5.76 Å². The number of halogens is 1. The van der Waals surface area contributed by atoms with Crippen LogP contribution in [0.3, 0.4) is 0 Å². The van der Waals surface area contributed by atoms with Gasteiger partial charge in [0, 0.05) is 17.8 Å². The number of amides is 2. The first-order valence-corrected chi connectivity index (χ1v) is 8.57. The Balaban J connectivity index is 1.77. The summed E-state index contributed by atoms with van der Waals surface area (Å²) in [5, 5.41) is 5.32. The summed E-state index contributed by atoms with van der Waals surface area (Å²) in [4.78, 5) is 36.4. The van der Waals surface area contributed by atoms with Crippen LogP contribution >= 0.6 is 0 Å². The van der Waals surface area contributed by atoms with Crippen LogP contribution in [0, 0.1) is 5.82 Å². The van der Waals surface area contributed by atoms with Crippen molar-refractivity contribution in [1.29, 1.82) is 0 Å². The third-order valence-electron chi connectivity index (χ3n) is 3.98. The molecular formula is C21H17FN2O5. The highest BCUT2D eigenvalue weighted by Gasteiger charge is 2.14. The van der Waals surface area contributed by atoms with Gasteiger partial charge in [0.1, 0.15) is 5.82 Å². The molecule has 2 aromatic carbocycles. The minimum atomic E-state index is -0.592. The van der Waals surface area contributed by atoms with Crippen LogP contribution in [0.4, 0.5) is 10.1 Å². The maximum absolute atomic E-state index is 13.0. The van der Waals surface area contributed by atoms with E-state index >= 15 is 0 Å². The molecule has 0 aliphatic heterocycles. The molecule has 0 saturated carbocycles. The topological polar surface area (TPSA) is 97.6 Å². The lowest BCUT2D eigenvalue weighted by Gasteiger charge is -2.11. The molecule has 0 aliphatic carbocycles. The predicted octanol–water partition coefficient (Wildman–Crippen LogP) is 3.39. The largest absolute Gasteiger partial charge is 0.465 e. The van der Waals surface area contributed by atoms with Crippen LogP contribution in [0.1, 0.15) is 36.8 Å². The lowest BCUT2D eigenvalue weighted by molar-refractivity contribution is 0.0600. The summed E-state index contributed by atoms with van der Waals surface area (Å²) in [6, 6.07) is 12.8. The average Bonchev–Trinajstić information content (AvgIpc) is 3.27.